The molecule has 0 unspecified atom stereocenters. The predicted molar refractivity (Wildman–Crippen MR) is 67.2 cm³/mol. The Morgan fingerprint density at radius 2 is 1.88 bits per heavy atom. The average Bonchev–Trinajstić information content (AvgIpc) is 2.34. The summed E-state index contributed by atoms with van der Waals surface area (Å²) in [5, 5.41) is 3.03. The van der Waals surface area contributed by atoms with Gasteiger partial charge < -0.3 is 11.1 Å². The molecule has 1 amide bonds. The van der Waals surface area contributed by atoms with Gasteiger partial charge in [-0.2, -0.15) is 0 Å². The molecule has 0 radical (unpaired) electrons. The van der Waals surface area contributed by atoms with E-state index in [2.05, 4.69) is 12.2 Å². The molecular weight excluding hydrogens is 286 g/mol. The van der Waals surface area contributed by atoms with Crippen LogP contribution >= 0.6 is 0 Å². The molecule has 0 saturated heterocycles. The van der Waals surface area contributed by atoms with Crippen molar-refractivity contribution in [3.05, 3.63) is 5.73 Å². The van der Waals surface area contributed by atoms with E-state index < -0.39 is 0 Å². The van der Waals surface area contributed by atoms with E-state index in [0.29, 0.717) is 12.5 Å². The van der Waals surface area contributed by atoms with Crippen LogP contribution in [0.4, 0.5) is 0 Å². The molecule has 0 atom stereocenters. The molecule has 3 nitrogen and oxygen atoms in total. The Bertz CT molecular complexity index is 204. The summed E-state index contributed by atoms with van der Waals surface area (Å²) in [5.74, 6) is 1.02. The monoisotopic (exact) mass is 310 g/mol. The van der Waals surface area contributed by atoms with Crippen LogP contribution < -0.4 is 63.5 Å². The molecule has 1 fully saturated rings. The van der Waals surface area contributed by atoms with Gasteiger partial charge >= 0.3 is 58.2 Å². The summed E-state index contributed by atoms with van der Waals surface area (Å²) < 4.78 is 0. The van der Waals surface area contributed by atoms with Crippen molar-refractivity contribution in [3.63, 3.8) is 0 Å². The van der Waals surface area contributed by atoms with Crippen LogP contribution in [0.25, 0.3) is 5.73 Å². The van der Waals surface area contributed by atoms with Gasteiger partial charge in [-0.05, 0) is 19.3 Å². The van der Waals surface area contributed by atoms with Gasteiger partial charge in [0.05, 0.1) is 0 Å². The van der Waals surface area contributed by atoms with Gasteiger partial charge in [-0.3, -0.25) is 4.79 Å². The summed E-state index contributed by atoms with van der Waals surface area (Å²) in [6, 6.07) is 0. The minimum absolute atomic E-state index is 0. The van der Waals surface area contributed by atoms with E-state index >= 15 is 0 Å². The van der Waals surface area contributed by atoms with Crippen molar-refractivity contribution in [2.24, 2.45) is 11.8 Å². The molecule has 1 saturated carbocycles. The molecule has 0 aromatic rings. The maximum absolute atomic E-state index is 11.8. The minimum atomic E-state index is 0. The summed E-state index contributed by atoms with van der Waals surface area (Å²) in [7, 11) is 0. The zero-order valence-electron chi connectivity index (χ0n) is 11.4. The van der Waals surface area contributed by atoms with Gasteiger partial charge in [0.25, 0.3) is 0 Å². The number of carbonyl (C=O) groups is 1. The van der Waals surface area contributed by atoms with Crippen LogP contribution in [0, 0.1) is 11.8 Å². The van der Waals surface area contributed by atoms with Crippen LogP contribution in [0.3, 0.4) is 0 Å². The van der Waals surface area contributed by atoms with Crippen molar-refractivity contribution in [1.82, 2.24) is 5.32 Å². The summed E-state index contributed by atoms with van der Waals surface area (Å²) in [6.45, 7) is 3.54. The topological polar surface area (TPSA) is 52.9 Å². The SMILES string of the molecule is CCCCCNC(=O)C1CCC(C[NH-])CC1.[Rb+]. The van der Waals surface area contributed by atoms with E-state index in [4.69, 9.17) is 5.73 Å². The van der Waals surface area contributed by atoms with E-state index in [9.17, 15) is 4.79 Å². The molecule has 0 aliphatic heterocycles. The number of unbranched alkanes of at least 4 members (excludes halogenated alkanes) is 2. The molecule has 0 heterocycles. The van der Waals surface area contributed by atoms with Gasteiger partial charge in [0.2, 0.25) is 5.91 Å². The van der Waals surface area contributed by atoms with Gasteiger partial charge in [-0.25, -0.2) is 0 Å². The second-order valence-electron chi connectivity index (χ2n) is 4.92. The second kappa shape index (κ2) is 11.1. The Hall–Kier alpha value is 1.24. The van der Waals surface area contributed by atoms with Crippen LogP contribution in [0.15, 0.2) is 0 Å². The maximum Gasteiger partial charge on any atom is 1.00 e. The molecule has 1 rings (SSSR count). The first-order valence-electron chi connectivity index (χ1n) is 6.70. The van der Waals surface area contributed by atoms with E-state index in [1.165, 1.54) is 12.8 Å². The Morgan fingerprint density at radius 3 is 2.41 bits per heavy atom. The molecule has 1 aliphatic rings. The zero-order chi connectivity index (χ0) is 11.8. The van der Waals surface area contributed by atoms with Crippen LogP contribution in [0.2, 0.25) is 0 Å². The van der Waals surface area contributed by atoms with Crippen LogP contribution in [-0.2, 0) is 4.79 Å². The number of rotatable bonds is 6. The molecule has 2 N–H and O–H groups in total. The van der Waals surface area contributed by atoms with Crippen LogP contribution in [-0.4, -0.2) is 19.0 Å². The van der Waals surface area contributed by atoms with Crippen LogP contribution in [0.1, 0.15) is 51.9 Å². The van der Waals surface area contributed by atoms with E-state index in [1.807, 2.05) is 0 Å². The number of hydrogen-bond donors (Lipinski definition) is 1. The molecular formula is C13H25N2ORb. The maximum atomic E-state index is 11.8. The third-order valence-electron chi connectivity index (χ3n) is 3.59. The van der Waals surface area contributed by atoms with E-state index in [1.54, 1.807) is 0 Å². The molecule has 0 bridgehead atoms. The van der Waals surface area contributed by atoms with Crippen molar-refractivity contribution in [2.45, 2.75) is 51.9 Å². The fraction of sp³-hybridized carbons (Fsp3) is 0.923. The minimum Gasteiger partial charge on any atom is -0.677 e. The van der Waals surface area contributed by atoms with Crippen LogP contribution in [0.5, 0.6) is 0 Å². The summed E-state index contributed by atoms with van der Waals surface area (Å²) in [4.78, 5) is 11.8. The number of carbonyl (C=O) groups excluding carboxylic acids is 1. The van der Waals surface area contributed by atoms with E-state index in [0.717, 1.165) is 38.6 Å². The molecule has 0 aromatic carbocycles. The van der Waals surface area contributed by atoms with Gasteiger partial charge in [-0.15, -0.1) is 6.54 Å². The predicted octanol–water partition coefficient (Wildman–Crippen LogP) is 0.155. The first-order valence-corrected chi connectivity index (χ1v) is 6.70. The molecule has 1 aliphatic carbocycles. The summed E-state index contributed by atoms with van der Waals surface area (Å²) in [6.07, 6.45) is 7.61. The fourth-order valence-electron chi connectivity index (χ4n) is 2.36. The first kappa shape index (κ1) is 18.2. The van der Waals surface area contributed by atoms with Crippen molar-refractivity contribution in [3.8, 4) is 0 Å². The van der Waals surface area contributed by atoms with E-state index in [-0.39, 0.29) is 70.0 Å². The van der Waals surface area contributed by atoms with Crippen molar-refractivity contribution in [1.29, 1.82) is 0 Å². The zero-order valence-corrected chi connectivity index (χ0v) is 16.3. The Labute approximate surface area is 154 Å². The van der Waals surface area contributed by atoms with Gasteiger partial charge in [0, 0.05) is 12.5 Å². The molecule has 0 aromatic heterocycles. The van der Waals surface area contributed by atoms with Gasteiger partial charge in [-0.1, -0.05) is 38.5 Å². The fourth-order valence-corrected chi connectivity index (χ4v) is 2.36. The van der Waals surface area contributed by atoms with Crippen molar-refractivity contribution < 1.29 is 63.0 Å². The molecule has 0 spiro atoms. The first-order chi connectivity index (χ1) is 7.77. The smallest absolute Gasteiger partial charge is 0.677 e. The van der Waals surface area contributed by atoms with Crippen molar-refractivity contribution in [2.75, 3.05) is 13.1 Å². The largest absolute Gasteiger partial charge is 1.00 e. The molecule has 94 valence electrons. The Balaban J connectivity index is 0.00000256. The normalized spacial score (nSPS) is 23.9. The summed E-state index contributed by atoms with van der Waals surface area (Å²) in [5.41, 5.74) is 7.33. The van der Waals surface area contributed by atoms with Crippen molar-refractivity contribution >= 4 is 5.91 Å². The Morgan fingerprint density at radius 1 is 1.24 bits per heavy atom. The average molecular weight is 311 g/mol. The third kappa shape index (κ3) is 7.41. The molecule has 4 heteroatoms. The second-order valence-corrected chi connectivity index (χ2v) is 4.92. The summed E-state index contributed by atoms with van der Waals surface area (Å²) >= 11 is 0. The molecule has 17 heavy (non-hydrogen) atoms. The number of amides is 1. The van der Waals surface area contributed by atoms with Gasteiger partial charge in [0.1, 0.15) is 0 Å². The third-order valence-corrected chi connectivity index (χ3v) is 3.59. The quantitative estimate of drug-likeness (QED) is 0.698. The number of hydrogen-bond acceptors (Lipinski definition) is 1. The van der Waals surface area contributed by atoms with Gasteiger partial charge in [0.15, 0.2) is 0 Å². The number of nitrogens with one attached hydrogen (secondary N) is 2. The standard InChI is InChI=1S/C13H25N2O.Rb/c1-2-3-4-9-15-13(16)12-7-5-11(10-14)6-8-12;/h11-12,14H,2-10H2,1H3,(H,15,16);/q-1;+1. The Kier molecular flexibility index (Phi) is 11.9.